The third-order valence-electron chi connectivity index (χ3n) is 5.55. The van der Waals surface area contributed by atoms with Crippen LogP contribution in [0.1, 0.15) is 49.3 Å². The largest absolute Gasteiger partial charge is 0.441 e. The average molecular weight is 318 g/mol. The molecule has 6 heteroatoms. The van der Waals surface area contributed by atoms with Crippen LogP contribution < -0.4 is 0 Å². The summed E-state index contributed by atoms with van der Waals surface area (Å²) in [6, 6.07) is 0. The maximum absolute atomic E-state index is 11.7. The number of amides is 1. The van der Waals surface area contributed by atoms with E-state index in [1.165, 1.54) is 24.1 Å². The molecule has 23 heavy (non-hydrogen) atoms. The highest BCUT2D eigenvalue weighted by Gasteiger charge is 2.44. The highest BCUT2D eigenvalue weighted by molar-refractivity contribution is 5.70. The van der Waals surface area contributed by atoms with Crippen molar-refractivity contribution >= 4 is 6.09 Å². The Morgan fingerprint density at radius 3 is 2.83 bits per heavy atom. The van der Waals surface area contributed by atoms with E-state index in [0.717, 1.165) is 51.4 Å². The second-order valence-corrected chi connectivity index (χ2v) is 7.49. The first-order valence-corrected chi connectivity index (χ1v) is 8.74. The van der Waals surface area contributed by atoms with Gasteiger partial charge in [0.2, 0.25) is 0 Å². The zero-order valence-corrected chi connectivity index (χ0v) is 14.1. The molecule has 1 aliphatic carbocycles. The first kappa shape index (κ1) is 15.0. The van der Waals surface area contributed by atoms with Crippen LogP contribution in [0, 0.1) is 0 Å². The van der Waals surface area contributed by atoms with Crippen LogP contribution >= 0.6 is 0 Å². The lowest BCUT2D eigenvalue weighted by molar-refractivity contribution is 0.0443. The molecule has 1 saturated carbocycles. The van der Waals surface area contributed by atoms with Gasteiger partial charge in [-0.05, 0) is 32.2 Å². The van der Waals surface area contributed by atoms with Gasteiger partial charge in [-0.3, -0.25) is 9.58 Å². The monoisotopic (exact) mass is 318 g/mol. The summed E-state index contributed by atoms with van der Waals surface area (Å²) in [4.78, 5) is 16.0. The number of hydrogen-bond donors (Lipinski definition) is 0. The van der Waals surface area contributed by atoms with Crippen LogP contribution in [0.4, 0.5) is 4.79 Å². The molecule has 0 radical (unpaired) electrons. The summed E-state index contributed by atoms with van der Waals surface area (Å²) in [7, 11) is 3.89. The predicted octanol–water partition coefficient (Wildman–Crippen LogP) is 2.10. The van der Waals surface area contributed by atoms with Crippen molar-refractivity contribution < 1.29 is 9.53 Å². The topological polar surface area (TPSA) is 50.6 Å². The van der Waals surface area contributed by atoms with Crippen molar-refractivity contribution in [1.82, 2.24) is 19.6 Å². The number of carbonyl (C=O) groups is 1. The van der Waals surface area contributed by atoms with Crippen LogP contribution in [0.15, 0.2) is 6.20 Å². The number of ether oxygens (including phenoxy) is 1. The van der Waals surface area contributed by atoms with E-state index in [1.54, 1.807) is 4.90 Å². The Bertz CT molecular complexity index is 610. The highest BCUT2D eigenvalue weighted by atomic mass is 16.6. The quantitative estimate of drug-likeness (QED) is 0.856. The van der Waals surface area contributed by atoms with Crippen molar-refractivity contribution in [3.63, 3.8) is 0 Å². The van der Waals surface area contributed by atoms with E-state index in [-0.39, 0.29) is 11.7 Å². The first-order valence-electron chi connectivity index (χ1n) is 8.74. The third-order valence-corrected chi connectivity index (χ3v) is 5.55. The number of aromatic nitrogens is 2. The number of nitrogens with zero attached hydrogens (tertiary/aromatic N) is 4. The molecule has 1 aromatic rings. The molecule has 3 aliphatic rings. The number of aryl methyl sites for hydroxylation is 1. The minimum absolute atomic E-state index is 0.165. The van der Waals surface area contributed by atoms with Crippen LogP contribution in [-0.2, 0) is 18.3 Å². The van der Waals surface area contributed by atoms with Crippen molar-refractivity contribution in [1.29, 1.82) is 0 Å². The lowest BCUT2D eigenvalue weighted by Crippen LogP contribution is -2.35. The summed E-state index contributed by atoms with van der Waals surface area (Å²) >= 11 is 0. The molecule has 2 aliphatic heterocycles. The van der Waals surface area contributed by atoms with Crippen LogP contribution in [0.3, 0.4) is 0 Å². The Kier molecular flexibility index (Phi) is 3.59. The molecule has 0 bridgehead atoms. The van der Waals surface area contributed by atoms with Crippen LogP contribution in [0.2, 0.25) is 0 Å². The van der Waals surface area contributed by atoms with Crippen LogP contribution in [0.5, 0.6) is 0 Å². The van der Waals surface area contributed by atoms with Gasteiger partial charge in [-0.25, -0.2) is 4.79 Å². The van der Waals surface area contributed by atoms with Crippen molar-refractivity contribution in [3.05, 3.63) is 17.5 Å². The van der Waals surface area contributed by atoms with E-state index >= 15 is 0 Å². The summed E-state index contributed by atoms with van der Waals surface area (Å²) in [6.45, 7) is 3.77. The van der Waals surface area contributed by atoms with Gasteiger partial charge in [0.25, 0.3) is 0 Å². The van der Waals surface area contributed by atoms with Crippen molar-refractivity contribution in [2.24, 2.45) is 7.05 Å². The number of hydrogen-bond acceptors (Lipinski definition) is 4. The fourth-order valence-electron chi connectivity index (χ4n) is 4.17. The zero-order chi connectivity index (χ0) is 16.0. The van der Waals surface area contributed by atoms with Gasteiger partial charge in [0.1, 0.15) is 5.60 Å². The van der Waals surface area contributed by atoms with Crippen molar-refractivity contribution in [2.75, 3.05) is 26.7 Å². The van der Waals surface area contributed by atoms with E-state index in [2.05, 4.69) is 21.7 Å². The van der Waals surface area contributed by atoms with E-state index in [9.17, 15) is 4.79 Å². The summed E-state index contributed by atoms with van der Waals surface area (Å²) in [5.74, 6) is 0.722. The van der Waals surface area contributed by atoms with Gasteiger partial charge in [0.15, 0.2) is 0 Å². The normalized spacial score (nSPS) is 29.1. The second-order valence-electron chi connectivity index (χ2n) is 7.49. The van der Waals surface area contributed by atoms with Gasteiger partial charge < -0.3 is 9.64 Å². The molecular weight excluding hydrogens is 292 g/mol. The molecule has 1 atom stereocenters. The van der Waals surface area contributed by atoms with E-state index < -0.39 is 0 Å². The molecule has 1 amide bonds. The molecule has 1 aromatic heterocycles. The smallest absolute Gasteiger partial charge is 0.410 e. The van der Waals surface area contributed by atoms with Crippen molar-refractivity contribution in [2.45, 2.75) is 50.2 Å². The molecule has 126 valence electrons. The molecule has 2 saturated heterocycles. The van der Waals surface area contributed by atoms with E-state index in [4.69, 9.17) is 4.74 Å². The molecule has 0 N–H and O–H groups in total. The lowest BCUT2D eigenvalue weighted by atomic mass is 9.95. The standard InChI is InChI=1S/C17H26N4O2/c1-19-12-17(23-16(19)22)6-3-8-21(9-7-17)11-14-10-18-20(2)15(14)13-4-5-13/h10,13H,3-9,11-12H2,1-2H3. The van der Waals surface area contributed by atoms with E-state index in [1.807, 2.05) is 13.2 Å². The highest BCUT2D eigenvalue weighted by Crippen LogP contribution is 2.42. The van der Waals surface area contributed by atoms with Crippen LogP contribution in [0.25, 0.3) is 0 Å². The van der Waals surface area contributed by atoms with Crippen LogP contribution in [-0.4, -0.2) is 58.0 Å². The maximum atomic E-state index is 11.7. The lowest BCUT2D eigenvalue weighted by Gasteiger charge is -2.25. The third kappa shape index (κ3) is 2.84. The summed E-state index contributed by atoms with van der Waals surface area (Å²) in [5.41, 5.74) is 2.55. The zero-order valence-electron chi connectivity index (χ0n) is 14.1. The molecule has 0 aromatic carbocycles. The molecule has 3 heterocycles. The first-order chi connectivity index (χ1) is 11.1. The molecule has 6 nitrogen and oxygen atoms in total. The number of likely N-dealkylation sites (N-methyl/N-ethyl adjacent to an activating group) is 1. The summed E-state index contributed by atoms with van der Waals surface area (Å²) in [5, 5.41) is 4.47. The van der Waals surface area contributed by atoms with Gasteiger partial charge in [0, 0.05) is 50.8 Å². The fourth-order valence-corrected chi connectivity index (χ4v) is 4.17. The molecule has 4 rings (SSSR count). The fraction of sp³-hybridized carbons (Fsp3) is 0.765. The molecular formula is C17H26N4O2. The minimum atomic E-state index is -0.255. The van der Waals surface area contributed by atoms with E-state index in [0.29, 0.717) is 0 Å². The summed E-state index contributed by atoms with van der Waals surface area (Å²) in [6.07, 6.45) is 7.47. The SMILES string of the molecule is CN1CC2(CCCN(Cc3cnn(C)c3C3CC3)CC2)OC1=O. The Hall–Kier alpha value is -1.56. The number of carbonyl (C=O) groups excluding carboxylic acids is 1. The second kappa shape index (κ2) is 5.51. The van der Waals surface area contributed by atoms with Gasteiger partial charge in [-0.2, -0.15) is 5.10 Å². The summed E-state index contributed by atoms with van der Waals surface area (Å²) < 4.78 is 7.76. The Labute approximate surface area is 137 Å². The van der Waals surface area contributed by atoms with Crippen molar-refractivity contribution in [3.8, 4) is 0 Å². The predicted molar refractivity (Wildman–Crippen MR) is 86.2 cm³/mol. The Morgan fingerprint density at radius 2 is 2.13 bits per heavy atom. The van der Waals surface area contributed by atoms with Gasteiger partial charge in [0.05, 0.1) is 12.7 Å². The molecule has 1 spiro atoms. The Morgan fingerprint density at radius 1 is 1.30 bits per heavy atom. The maximum Gasteiger partial charge on any atom is 0.410 e. The number of likely N-dealkylation sites (tertiary alicyclic amines) is 1. The van der Waals surface area contributed by atoms with Gasteiger partial charge in [-0.15, -0.1) is 0 Å². The number of rotatable bonds is 3. The Balaban J connectivity index is 1.43. The minimum Gasteiger partial charge on any atom is -0.441 e. The molecule has 1 unspecified atom stereocenters. The van der Waals surface area contributed by atoms with Gasteiger partial charge in [-0.1, -0.05) is 0 Å². The molecule has 3 fully saturated rings. The average Bonchev–Trinajstić information content (AvgIpc) is 3.24. The van der Waals surface area contributed by atoms with Gasteiger partial charge >= 0.3 is 6.09 Å².